The lowest BCUT2D eigenvalue weighted by molar-refractivity contribution is 0.105. The van der Waals surface area contributed by atoms with Gasteiger partial charge in [-0.2, -0.15) is 0 Å². The molecule has 108 valence electrons. The second-order valence-electron chi connectivity index (χ2n) is 4.33. The molecule has 0 aliphatic carbocycles. The Morgan fingerprint density at radius 2 is 2.19 bits per heavy atom. The van der Waals surface area contributed by atoms with E-state index in [0.717, 1.165) is 0 Å². The van der Waals surface area contributed by atoms with Gasteiger partial charge in [0, 0.05) is 17.1 Å². The third-order valence-electron chi connectivity index (χ3n) is 3.03. The molecule has 2 aromatic heterocycles. The first-order valence-electron chi connectivity index (χ1n) is 6.27. The van der Waals surface area contributed by atoms with Crippen molar-refractivity contribution >= 4 is 28.0 Å². The summed E-state index contributed by atoms with van der Waals surface area (Å²) < 4.78 is 23.2. The van der Waals surface area contributed by atoms with E-state index in [-0.39, 0.29) is 23.4 Å². The van der Waals surface area contributed by atoms with Crippen LogP contribution < -0.4 is 10.3 Å². The molecule has 0 aliphatic rings. The Labute approximate surface area is 117 Å². The van der Waals surface area contributed by atoms with Crippen LogP contribution in [0.15, 0.2) is 29.2 Å². The highest BCUT2D eigenvalue weighted by molar-refractivity contribution is 6.08. The van der Waals surface area contributed by atoms with Crippen LogP contribution in [0.3, 0.4) is 0 Å². The van der Waals surface area contributed by atoms with Gasteiger partial charge in [0.25, 0.3) is 5.56 Å². The van der Waals surface area contributed by atoms with E-state index in [1.807, 2.05) is 0 Å². The van der Waals surface area contributed by atoms with Crippen LogP contribution in [0.5, 0.6) is 5.75 Å². The first-order valence-corrected chi connectivity index (χ1v) is 6.27. The van der Waals surface area contributed by atoms with Crippen LogP contribution >= 0.6 is 0 Å². The number of carbonyl (C=O) groups is 1. The Kier molecular flexibility index (Phi) is 3.09. The third-order valence-corrected chi connectivity index (χ3v) is 3.03. The summed E-state index contributed by atoms with van der Waals surface area (Å²) in [6.07, 6.45) is 0.476. The third kappa shape index (κ3) is 2.22. The predicted molar refractivity (Wildman–Crippen MR) is 74.0 cm³/mol. The number of halogens is 1. The average molecular weight is 290 g/mol. The summed E-state index contributed by atoms with van der Waals surface area (Å²) in [6.45, 7) is 1.81. The molecular formula is C14H11FN2O4. The molecular weight excluding hydrogens is 279 g/mol. The maximum absolute atomic E-state index is 13.5. The molecule has 0 saturated carbocycles. The van der Waals surface area contributed by atoms with Crippen LogP contribution in [0.2, 0.25) is 0 Å². The van der Waals surface area contributed by atoms with Crippen LogP contribution in [-0.4, -0.2) is 22.7 Å². The zero-order valence-corrected chi connectivity index (χ0v) is 11.0. The minimum absolute atomic E-state index is 0.116. The molecule has 7 heteroatoms. The summed E-state index contributed by atoms with van der Waals surface area (Å²) >= 11 is 0. The van der Waals surface area contributed by atoms with Gasteiger partial charge < -0.3 is 19.4 Å². The monoisotopic (exact) mass is 290 g/mol. The Morgan fingerprint density at radius 1 is 1.38 bits per heavy atom. The summed E-state index contributed by atoms with van der Waals surface area (Å²) in [6, 6.07) is 3.95. The number of ether oxygens (including phenoxy) is 2. The van der Waals surface area contributed by atoms with Gasteiger partial charge >= 0.3 is 6.16 Å². The van der Waals surface area contributed by atoms with E-state index < -0.39 is 12.0 Å². The molecule has 0 radical (unpaired) electrons. The lowest BCUT2D eigenvalue weighted by atomic mass is 10.1. The average Bonchev–Trinajstić information content (AvgIpc) is 2.85. The molecule has 0 amide bonds. The minimum Gasteiger partial charge on any atom is -0.434 e. The number of H-pyrrole nitrogens is 2. The van der Waals surface area contributed by atoms with E-state index in [1.165, 1.54) is 24.4 Å². The maximum atomic E-state index is 13.5. The lowest BCUT2D eigenvalue weighted by Crippen LogP contribution is -2.10. The van der Waals surface area contributed by atoms with Gasteiger partial charge in [-0.25, -0.2) is 9.18 Å². The van der Waals surface area contributed by atoms with E-state index in [0.29, 0.717) is 16.3 Å². The molecule has 6 nitrogen and oxygen atoms in total. The first-order chi connectivity index (χ1) is 10.1. The molecule has 1 aromatic carbocycles. The van der Waals surface area contributed by atoms with Crippen LogP contribution in [-0.2, 0) is 4.74 Å². The molecule has 0 bridgehead atoms. The van der Waals surface area contributed by atoms with Crippen LogP contribution in [0.25, 0.3) is 21.8 Å². The molecule has 0 spiro atoms. The van der Waals surface area contributed by atoms with Crippen molar-refractivity contribution in [3.05, 3.63) is 40.6 Å². The molecule has 2 heterocycles. The van der Waals surface area contributed by atoms with E-state index in [9.17, 15) is 14.0 Å². The van der Waals surface area contributed by atoms with Crippen molar-refractivity contribution in [2.45, 2.75) is 6.92 Å². The quantitative estimate of drug-likeness (QED) is 0.711. The zero-order valence-electron chi connectivity index (χ0n) is 11.0. The fraction of sp³-hybridized carbons (Fsp3) is 0.143. The first kappa shape index (κ1) is 13.2. The van der Waals surface area contributed by atoms with Gasteiger partial charge in [-0.3, -0.25) is 4.79 Å². The number of aromatic amines is 2. The van der Waals surface area contributed by atoms with Crippen molar-refractivity contribution < 1.29 is 18.7 Å². The fourth-order valence-electron chi connectivity index (χ4n) is 2.19. The Morgan fingerprint density at radius 3 is 2.95 bits per heavy atom. The van der Waals surface area contributed by atoms with Crippen LogP contribution in [0, 0.1) is 5.82 Å². The van der Waals surface area contributed by atoms with Gasteiger partial charge in [-0.15, -0.1) is 0 Å². The van der Waals surface area contributed by atoms with Crippen molar-refractivity contribution in [2.75, 3.05) is 6.61 Å². The predicted octanol–water partition coefficient (Wildman–Crippen LogP) is 2.68. The lowest BCUT2D eigenvalue weighted by Gasteiger charge is -2.04. The summed E-state index contributed by atoms with van der Waals surface area (Å²) in [7, 11) is 0. The molecule has 3 aromatic rings. The van der Waals surface area contributed by atoms with Crippen molar-refractivity contribution in [3.63, 3.8) is 0 Å². The van der Waals surface area contributed by atoms with Gasteiger partial charge in [0.05, 0.1) is 12.0 Å². The van der Waals surface area contributed by atoms with Crippen LogP contribution in [0.1, 0.15) is 6.92 Å². The fourth-order valence-corrected chi connectivity index (χ4v) is 2.19. The summed E-state index contributed by atoms with van der Waals surface area (Å²) in [5, 5.41) is 0.770. The Balaban J connectivity index is 2.27. The molecule has 0 saturated heterocycles. The number of carbonyl (C=O) groups excluding carboxylic acids is 1. The molecule has 3 rings (SSSR count). The van der Waals surface area contributed by atoms with Gasteiger partial charge in [0.15, 0.2) is 5.75 Å². The minimum atomic E-state index is -0.886. The number of rotatable bonds is 2. The van der Waals surface area contributed by atoms with Gasteiger partial charge in [-0.05, 0) is 25.1 Å². The zero-order chi connectivity index (χ0) is 15.0. The van der Waals surface area contributed by atoms with E-state index >= 15 is 0 Å². The smallest absolute Gasteiger partial charge is 0.434 e. The Hall–Kier alpha value is -2.83. The highest BCUT2D eigenvalue weighted by Gasteiger charge is 2.16. The maximum Gasteiger partial charge on any atom is 0.513 e. The number of hydrogen-bond acceptors (Lipinski definition) is 4. The number of hydrogen-bond donors (Lipinski definition) is 2. The molecule has 21 heavy (non-hydrogen) atoms. The van der Waals surface area contributed by atoms with E-state index in [1.54, 1.807) is 6.92 Å². The SMILES string of the molecule is CCOC(=O)Oc1c[nH]c2c(=O)[nH]c3ccc(F)cc3c12. The number of pyridine rings is 1. The van der Waals surface area contributed by atoms with E-state index in [2.05, 4.69) is 9.97 Å². The van der Waals surface area contributed by atoms with Gasteiger partial charge in [0.2, 0.25) is 0 Å². The normalized spacial score (nSPS) is 11.0. The van der Waals surface area contributed by atoms with Crippen molar-refractivity contribution in [1.82, 2.24) is 9.97 Å². The summed E-state index contributed by atoms with van der Waals surface area (Å²) in [5.74, 6) is -0.343. The molecule has 0 atom stereocenters. The number of benzene rings is 1. The second kappa shape index (κ2) is 4.93. The highest BCUT2D eigenvalue weighted by atomic mass is 19.1. The summed E-state index contributed by atoms with van der Waals surface area (Å²) in [4.78, 5) is 28.7. The highest BCUT2D eigenvalue weighted by Crippen LogP contribution is 2.30. The topological polar surface area (TPSA) is 84.2 Å². The van der Waals surface area contributed by atoms with Gasteiger partial charge in [0.1, 0.15) is 11.3 Å². The van der Waals surface area contributed by atoms with Crippen molar-refractivity contribution in [3.8, 4) is 5.75 Å². The van der Waals surface area contributed by atoms with Crippen molar-refractivity contribution in [1.29, 1.82) is 0 Å². The number of nitrogens with one attached hydrogen (secondary N) is 2. The summed E-state index contributed by atoms with van der Waals surface area (Å²) in [5.41, 5.74) is 0.262. The molecule has 0 aliphatic heterocycles. The van der Waals surface area contributed by atoms with Crippen LogP contribution in [0.4, 0.5) is 9.18 Å². The molecule has 0 fully saturated rings. The standard InChI is InChI=1S/C14H11FN2O4/c1-2-20-14(19)21-10-6-16-12-11(10)8-5-7(15)3-4-9(8)17-13(12)18/h3-6,16H,2H2,1H3,(H,17,18). The largest absolute Gasteiger partial charge is 0.513 e. The van der Waals surface area contributed by atoms with Gasteiger partial charge in [-0.1, -0.05) is 0 Å². The molecule has 2 N–H and O–H groups in total. The molecule has 0 unspecified atom stereocenters. The number of fused-ring (bicyclic) bond motifs is 3. The Bertz CT molecular complexity index is 897. The number of aromatic nitrogens is 2. The van der Waals surface area contributed by atoms with Crippen molar-refractivity contribution in [2.24, 2.45) is 0 Å². The second-order valence-corrected chi connectivity index (χ2v) is 4.33. The van der Waals surface area contributed by atoms with E-state index in [4.69, 9.17) is 9.47 Å².